The third-order valence-electron chi connectivity index (χ3n) is 4.94. The highest BCUT2D eigenvalue weighted by atomic mass is 32.1. The van der Waals surface area contributed by atoms with Crippen LogP contribution in [0, 0.1) is 17.6 Å². The molecule has 7 nitrogen and oxygen atoms in total. The largest absolute Gasteiger partial charge is 0.370 e. The molecule has 2 amide bonds. The van der Waals surface area contributed by atoms with Gasteiger partial charge in [0, 0.05) is 42.2 Å². The van der Waals surface area contributed by atoms with Crippen molar-refractivity contribution in [3.05, 3.63) is 54.4 Å². The Morgan fingerprint density at radius 3 is 2.65 bits per heavy atom. The van der Waals surface area contributed by atoms with E-state index in [-0.39, 0.29) is 21.9 Å². The molecule has 0 fully saturated rings. The lowest BCUT2D eigenvalue weighted by molar-refractivity contribution is 0.252. The average molecular weight is 483 g/mol. The van der Waals surface area contributed by atoms with E-state index < -0.39 is 17.7 Å². The molecule has 0 saturated carbocycles. The van der Waals surface area contributed by atoms with Gasteiger partial charge in [0.25, 0.3) is 0 Å². The lowest BCUT2D eigenvalue weighted by Gasteiger charge is -2.11. The Hall–Kier alpha value is -3.66. The van der Waals surface area contributed by atoms with E-state index in [9.17, 15) is 9.18 Å². The van der Waals surface area contributed by atoms with Crippen molar-refractivity contribution in [2.24, 2.45) is 5.92 Å². The number of nitrogens with one attached hydrogen (secondary N) is 3. The third-order valence-corrected chi connectivity index (χ3v) is 5.95. The maximum absolute atomic E-state index is 15.7. The van der Waals surface area contributed by atoms with Gasteiger partial charge >= 0.3 is 6.03 Å². The minimum Gasteiger partial charge on any atom is -0.370 e. The second-order valence-corrected chi connectivity index (χ2v) is 9.01. The van der Waals surface area contributed by atoms with Gasteiger partial charge in [-0.1, -0.05) is 25.2 Å². The number of urea groups is 1. The minimum absolute atomic E-state index is 0.0244. The van der Waals surface area contributed by atoms with E-state index in [1.165, 1.54) is 18.3 Å². The molecule has 0 aliphatic heterocycles. The summed E-state index contributed by atoms with van der Waals surface area (Å²) in [6, 6.07) is 7.39. The van der Waals surface area contributed by atoms with Crippen LogP contribution in [0.1, 0.15) is 20.8 Å². The molecule has 0 saturated heterocycles. The van der Waals surface area contributed by atoms with Crippen LogP contribution in [0.25, 0.3) is 32.6 Å². The number of carbonyl (C=O) groups is 1. The summed E-state index contributed by atoms with van der Waals surface area (Å²) in [4.78, 5) is 24.8. The maximum atomic E-state index is 15.7. The molecule has 1 aromatic carbocycles. The highest BCUT2D eigenvalue weighted by Gasteiger charge is 2.22. The summed E-state index contributed by atoms with van der Waals surface area (Å²) in [6.45, 7) is 7.15. The van der Waals surface area contributed by atoms with Crippen LogP contribution in [0.2, 0.25) is 0 Å². The molecule has 176 valence electrons. The van der Waals surface area contributed by atoms with Crippen molar-refractivity contribution < 1.29 is 13.6 Å². The lowest BCUT2D eigenvalue weighted by Crippen LogP contribution is -2.28. The van der Waals surface area contributed by atoms with Crippen LogP contribution < -0.4 is 16.0 Å². The molecule has 0 atom stereocenters. The molecular weight excluding hydrogens is 458 g/mol. The summed E-state index contributed by atoms with van der Waals surface area (Å²) in [5.74, 6) is 0.000348. The summed E-state index contributed by atoms with van der Waals surface area (Å²) in [7, 11) is 0. The quantitative estimate of drug-likeness (QED) is 0.305. The van der Waals surface area contributed by atoms with Gasteiger partial charge in [-0.25, -0.2) is 23.5 Å². The fourth-order valence-electron chi connectivity index (χ4n) is 3.34. The van der Waals surface area contributed by atoms with Gasteiger partial charge in [-0.05, 0) is 43.2 Å². The number of aromatic nitrogens is 3. The highest BCUT2D eigenvalue weighted by Crippen LogP contribution is 2.41. The van der Waals surface area contributed by atoms with Gasteiger partial charge < -0.3 is 10.6 Å². The van der Waals surface area contributed by atoms with Crippen LogP contribution in [-0.2, 0) is 0 Å². The number of carbonyl (C=O) groups excluding carboxylic acids is 1. The van der Waals surface area contributed by atoms with Crippen LogP contribution in [0.15, 0.2) is 42.7 Å². The molecule has 3 aromatic heterocycles. The van der Waals surface area contributed by atoms with E-state index in [1.54, 1.807) is 31.3 Å². The van der Waals surface area contributed by atoms with Crippen LogP contribution in [0.5, 0.6) is 0 Å². The SMILES string of the molecule is CCNC(=O)Nc1nc2c(F)c(-c3ccc(NCC(C)C)nc3)cc(-c3ncccc3F)c2s1. The van der Waals surface area contributed by atoms with Gasteiger partial charge in [-0.2, -0.15) is 0 Å². The van der Waals surface area contributed by atoms with Crippen molar-refractivity contribution in [3.63, 3.8) is 0 Å². The van der Waals surface area contributed by atoms with E-state index in [0.717, 1.165) is 17.9 Å². The van der Waals surface area contributed by atoms with Crippen molar-refractivity contribution in [3.8, 4) is 22.4 Å². The third kappa shape index (κ3) is 4.96. The summed E-state index contributed by atoms with van der Waals surface area (Å²) in [5.41, 5.74) is 1.21. The normalized spacial score (nSPS) is 11.1. The Labute approximate surface area is 199 Å². The summed E-state index contributed by atoms with van der Waals surface area (Å²) < 4.78 is 30.7. The van der Waals surface area contributed by atoms with Gasteiger partial charge in [0.1, 0.15) is 22.8 Å². The number of amides is 2. The average Bonchev–Trinajstić information content (AvgIpc) is 3.23. The molecule has 0 aliphatic carbocycles. The van der Waals surface area contributed by atoms with Gasteiger partial charge in [0.2, 0.25) is 0 Å². The van der Waals surface area contributed by atoms with Gasteiger partial charge in [-0.15, -0.1) is 0 Å². The molecule has 34 heavy (non-hydrogen) atoms. The molecule has 3 heterocycles. The van der Waals surface area contributed by atoms with Gasteiger partial charge in [0.15, 0.2) is 10.9 Å². The molecule has 0 aliphatic rings. The van der Waals surface area contributed by atoms with Crippen molar-refractivity contribution >= 4 is 38.5 Å². The Morgan fingerprint density at radius 2 is 1.97 bits per heavy atom. The number of fused-ring (bicyclic) bond motifs is 1. The molecule has 0 spiro atoms. The van der Waals surface area contributed by atoms with Crippen LogP contribution in [0.4, 0.5) is 24.5 Å². The first kappa shape index (κ1) is 23.5. The Balaban J connectivity index is 1.83. The van der Waals surface area contributed by atoms with Crippen molar-refractivity contribution in [1.82, 2.24) is 20.3 Å². The van der Waals surface area contributed by atoms with Gasteiger partial charge in [-0.3, -0.25) is 10.3 Å². The number of pyridine rings is 2. The maximum Gasteiger partial charge on any atom is 0.321 e. The first-order valence-corrected chi connectivity index (χ1v) is 11.7. The summed E-state index contributed by atoms with van der Waals surface area (Å²) >= 11 is 1.06. The molecular formula is C24H24F2N6OS. The van der Waals surface area contributed by atoms with Crippen molar-refractivity contribution in [2.45, 2.75) is 20.8 Å². The van der Waals surface area contributed by atoms with Crippen LogP contribution in [0.3, 0.4) is 0 Å². The van der Waals surface area contributed by atoms with Crippen LogP contribution in [-0.4, -0.2) is 34.1 Å². The fraction of sp³-hybridized carbons (Fsp3) is 0.250. The zero-order chi connectivity index (χ0) is 24.2. The van der Waals surface area contributed by atoms with E-state index >= 15 is 4.39 Å². The Morgan fingerprint density at radius 1 is 1.15 bits per heavy atom. The first-order chi connectivity index (χ1) is 16.4. The molecule has 10 heteroatoms. The Kier molecular flexibility index (Phi) is 6.97. The molecule has 3 N–H and O–H groups in total. The lowest BCUT2D eigenvalue weighted by atomic mass is 10.0. The predicted molar refractivity (Wildman–Crippen MR) is 132 cm³/mol. The molecule has 0 bridgehead atoms. The molecule has 4 rings (SSSR count). The number of anilines is 2. The van der Waals surface area contributed by atoms with E-state index in [4.69, 9.17) is 0 Å². The fourth-order valence-corrected chi connectivity index (χ4v) is 4.32. The topological polar surface area (TPSA) is 91.8 Å². The number of nitrogens with zero attached hydrogens (tertiary/aromatic N) is 3. The smallest absolute Gasteiger partial charge is 0.321 e. The summed E-state index contributed by atoms with van der Waals surface area (Å²) in [5, 5.41) is 8.62. The second kappa shape index (κ2) is 10.1. The summed E-state index contributed by atoms with van der Waals surface area (Å²) in [6.07, 6.45) is 3.03. The van der Waals surface area contributed by atoms with E-state index in [0.29, 0.717) is 34.1 Å². The predicted octanol–water partition coefficient (Wildman–Crippen LogP) is 5.91. The zero-order valence-electron chi connectivity index (χ0n) is 18.9. The van der Waals surface area contributed by atoms with E-state index in [1.807, 2.05) is 0 Å². The zero-order valence-corrected chi connectivity index (χ0v) is 19.8. The molecule has 0 radical (unpaired) electrons. The Bertz CT molecular complexity index is 1320. The molecule has 0 unspecified atom stereocenters. The highest BCUT2D eigenvalue weighted by molar-refractivity contribution is 7.22. The number of halogens is 2. The van der Waals surface area contributed by atoms with Crippen molar-refractivity contribution in [2.75, 3.05) is 23.7 Å². The van der Waals surface area contributed by atoms with Crippen molar-refractivity contribution in [1.29, 1.82) is 0 Å². The van der Waals surface area contributed by atoms with E-state index in [2.05, 4.69) is 44.7 Å². The molecule has 4 aromatic rings. The first-order valence-electron chi connectivity index (χ1n) is 10.9. The number of rotatable bonds is 7. The standard InChI is InChI=1S/C24H24F2N6OS/c1-4-27-23(33)32-24-31-21-19(26)15(14-7-8-18(30-12-14)29-11-13(2)3)10-16(22(21)34-24)20-17(25)6-5-9-28-20/h5-10,12-13H,4,11H2,1-3H3,(H,29,30)(H2,27,31,32,33). The number of hydrogen-bond donors (Lipinski definition) is 3. The second-order valence-electron chi connectivity index (χ2n) is 8.01. The minimum atomic E-state index is -0.583. The van der Waals surface area contributed by atoms with Gasteiger partial charge in [0.05, 0.1) is 4.70 Å². The van der Waals surface area contributed by atoms with Crippen LogP contribution >= 0.6 is 11.3 Å². The number of hydrogen-bond acceptors (Lipinski definition) is 6. The number of thiazole rings is 1. The number of benzene rings is 1. The monoisotopic (exact) mass is 482 g/mol.